The summed E-state index contributed by atoms with van der Waals surface area (Å²) in [5.74, 6) is 0. The molecular formula is C17H14NO2S+. The summed E-state index contributed by atoms with van der Waals surface area (Å²) in [7, 11) is 0. The molecule has 0 radical (unpaired) electrons. The predicted molar refractivity (Wildman–Crippen MR) is 86.3 cm³/mol. The molecule has 0 spiro atoms. The third-order valence-electron chi connectivity index (χ3n) is 3.58. The second-order valence-corrected chi connectivity index (χ2v) is 5.97. The second kappa shape index (κ2) is 5.31. The zero-order valence-corrected chi connectivity index (χ0v) is 12.3. The van der Waals surface area contributed by atoms with E-state index in [-0.39, 0.29) is 9.72 Å². The molecule has 1 unspecified atom stereocenters. The van der Waals surface area contributed by atoms with Gasteiger partial charge in [-0.3, -0.25) is 0 Å². The van der Waals surface area contributed by atoms with Crippen LogP contribution in [0.4, 0.5) is 10.5 Å². The van der Waals surface area contributed by atoms with Gasteiger partial charge in [0.2, 0.25) is 0 Å². The molecule has 0 bridgehead atoms. The molecule has 4 heteroatoms. The Morgan fingerprint density at radius 3 is 2.10 bits per heavy atom. The molecule has 2 aromatic carbocycles. The van der Waals surface area contributed by atoms with Crippen molar-refractivity contribution in [1.29, 1.82) is 0 Å². The number of rotatable bonds is 3. The van der Waals surface area contributed by atoms with Gasteiger partial charge in [0.25, 0.3) is 0 Å². The lowest BCUT2D eigenvalue weighted by atomic mass is 10.1. The number of hydrogen-bond donors (Lipinski definition) is 0. The molecule has 3 rings (SSSR count). The first kappa shape index (κ1) is 13.8. The first-order valence-electron chi connectivity index (χ1n) is 6.60. The van der Waals surface area contributed by atoms with Crippen molar-refractivity contribution in [2.45, 2.75) is 6.92 Å². The molecule has 3 nitrogen and oxygen atoms in total. The average molecular weight is 296 g/mol. The number of quaternary nitrogens is 1. The van der Waals surface area contributed by atoms with Gasteiger partial charge in [0, 0.05) is 29.5 Å². The van der Waals surface area contributed by atoms with Crippen molar-refractivity contribution in [3.63, 3.8) is 0 Å². The molecule has 0 aromatic heterocycles. The Bertz CT molecular complexity index is 725. The number of nitrogens with zero attached hydrogens (tertiary/aromatic N) is 1. The van der Waals surface area contributed by atoms with Gasteiger partial charge in [-0.1, -0.05) is 36.4 Å². The Labute approximate surface area is 127 Å². The van der Waals surface area contributed by atoms with Crippen LogP contribution in [0.5, 0.6) is 0 Å². The van der Waals surface area contributed by atoms with E-state index in [1.54, 1.807) is 0 Å². The number of amides is 2. The summed E-state index contributed by atoms with van der Waals surface area (Å²) in [5.41, 5.74) is 2.30. The maximum absolute atomic E-state index is 12.6. The van der Waals surface area contributed by atoms with Gasteiger partial charge in [-0.25, -0.2) is 9.59 Å². The summed E-state index contributed by atoms with van der Waals surface area (Å²) in [4.78, 5) is 25.4. The zero-order chi connectivity index (χ0) is 14.9. The number of benzene rings is 2. The van der Waals surface area contributed by atoms with Crippen molar-refractivity contribution < 1.29 is 9.59 Å². The molecule has 2 amide bonds. The maximum atomic E-state index is 12.6. The van der Waals surface area contributed by atoms with Crippen LogP contribution in [-0.2, 0) is 4.79 Å². The largest absolute Gasteiger partial charge is 0.397 e. The minimum atomic E-state index is -0.388. The van der Waals surface area contributed by atoms with Crippen LogP contribution in [0.15, 0.2) is 65.6 Å². The molecule has 104 valence electrons. The fourth-order valence-electron chi connectivity index (χ4n) is 2.65. The van der Waals surface area contributed by atoms with E-state index < -0.39 is 0 Å². The van der Waals surface area contributed by atoms with Crippen molar-refractivity contribution in [2.75, 3.05) is 0 Å². The first-order chi connectivity index (χ1) is 10.2. The van der Waals surface area contributed by atoms with Crippen LogP contribution in [0.25, 0.3) is 5.70 Å². The van der Waals surface area contributed by atoms with Crippen LogP contribution in [-0.4, -0.2) is 11.6 Å². The van der Waals surface area contributed by atoms with Gasteiger partial charge in [0.05, 0.1) is 4.91 Å². The van der Waals surface area contributed by atoms with Gasteiger partial charge < -0.3 is 0 Å². The van der Waals surface area contributed by atoms with Crippen LogP contribution in [0, 0.1) is 0 Å². The van der Waals surface area contributed by atoms with E-state index in [0.29, 0.717) is 5.69 Å². The van der Waals surface area contributed by atoms with Crippen LogP contribution in [0.2, 0.25) is 0 Å². The summed E-state index contributed by atoms with van der Waals surface area (Å²) in [6, 6.07) is 18.8. The van der Waals surface area contributed by atoms with Crippen molar-refractivity contribution >= 4 is 34.8 Å². The minimum absolute atomic E-state index is 0.187. The summed E-state index contributed by atoms with van der Waals surface area (Å²) in [6.45, 7) is 1.89. The van der Waals surface area contributed by atoms with Crippen molar-refractivity contribution in [2.24, 2.45) is 0 Å². The molecule has 21 heavy (non-hydrogen) atoms. The normalized spacial score (nSPS) is 21.7. The molecule has 2 aromatic rings. The van der Waals surface area contributed by atoms with Crippen molar-refractivity contribution in [1.82, 2.24) is 4.48 Å². The highest BCUT2D eigenvalue weighted by Gasteiger charge is 2.51. The lowest BCUT2D eigenvalue weighted by molar-refractivity contribution is -0.112. The van der Waals surface area contributed by atoms with Gasteiger partial charge >= 0.3 is 11.6 Å². The highest BCUT2D eigenvalue weighted by atomic mass is 32.2. The molecular weight excluding hydrogens is 282 g/mol. The quantitative estimate of drug-likeness (QED) is 0.621. The lowest BCUT2D eigenvalue weighted by Crippen LogP contribution is -2.46. The average Bonchev–Trinajstić information content (AvgIpc) is 2.80. The molecule has 1 aliphatic rings. The number of carbonyl (C=O) groups excluding carboxylic acids is 2. The SMILES string of the molecule is CC1=C(c2ccccc2)[N+](C=O)(c2ccccc2)C(=O)S1. The topological polar surface area (TPSA) is 34.1 Å². The molecule has 0 aliphatic carbocycles. The molecule has 1 heterocycles. The minimum Gasteiger partial charge on any atom is -0.232 e. The molecule has 0 N–H and O–H groups in total. The second-order valence-electron chi connectivity index (χ2n) is 4.80. The third-order valence-corrected chi connectivity index (χ3v) is 4.55. The van der Waals surface area contributed by atoms with E-state index >= 15 is 0 Å². The van der Waals surface area contributed by atoms with Gasteiger partial charge in [-0.05, 0) is 19.1 Å². The zero-order valence-electron chi connectivity index (χ0n) is 11.5. The molecule has 0 saturated carbocycles. The molecule has 1 atom stereocenters. The van der Waals surface area contributed by atoms with E-state index in [1.807, 2.05) is 67.6 Å². The summed E-state index contributed by atoms with van der Waals surface area (Å²) < 4.78 is -0.388. The van der Waals surface area contributed by atoms with Gasteiger partial charge in [-0.15, -0.1) is 4.48 Å². The highest BCUT2D eigenvalue weighted by Crippen LogP contribution is 2.47. The third kappa shape index (κ3) is 2.04. The highest BCUT2D eigenvalue weighted by molar-refractivity contribution is 8.17. The van der Waals surface area contributed by atoms with E-state index in [2.05, 4.69) is 0 Å². The van der Waals surface area contributed by atoms with Gasteiger partial charge in [0.1, 0.15) is 0 Å². The Hall–Kier alpha value is -2.17. The number of thioether (sulfide) groups is 1. The lowest BCUT2D eigenvalue weighted by Gasteiger charge is -2.25. The van der Waals surface area contributed by atoms with Gasteiger partial charge in [0.15, 0.2) is 11.4 Å². The number of hydrogen-bond acceptors (Lipinski definition) is 3. The Morgan fingerprint density at radius 2 is 1.52 bits per heavy atom. The van der Waals surface area contributed by atoms with Gasteiger partial charge in [-0.2, -0.15) is 0 Å². The summed E-state index contributed by atoms with van der Waals surface area (Å²) >= 11 is 1.13. The van der Waals surface area contributed by atoms with E-state index in [0.717, 1.165) is 34.3 Å². The summed E-state index contributed by atoms with van der Waals surface area (Å²) in [5, 5.41) is -0.187. The maximum Gasteiger partial charge on any atom is 0.397 e. The molecule has 1 aliphatic heterocycles. The Balaban J connectivity index is 2.28. The number of allylic oxidation sites excluding steroid dienone is 1. The van der Waals surface area contributed by atoms with E-state index in [9.17, 15) is 9.59 Å². The fraction of sp³-hybridized carbons (Fsp3) is 0.0588. The van der Waals surface area contributed by atoms with Crippen LogP contribution >= 0.6 is 11.8 Å². The number of para-hydroxylation sites is 1. The van der Waals surface area contributed by atoms with Crippen molar-refractivity contribution in [3.05, 3.63) is 71.1 Å². The predicted octanol–water partition coefficient (Wildman–Crippen LogP) is 4.41. The fourth-order valence-corrected chi connectivity index (χ4v) is 3.65. The monoisotopic (exact) mass is 296 g/mol. The molecule has 0 fully saturated rings. The Morgan fingerprint density at radius 1 is 0.952 bits per heavy atom. The first-order valence-corrected chi connectivity index (χ1v) is 7.41. The van der Waals surface area contributed by atoms with Crippen LogP contribution in [0.1, 0.15) is 12.5 Å². The summed E-state index contributed by atoms with van der Waals surface area (Å²) in [6.07, 6.45) is 0.726. The van der Waals surface area contributed by atoms with E-state index in [4.69, 9.17) is 0 Å². The number of imide groups is 1. The van der Waals surface area contributed by atoms with E-state index in [1.165, 1.54) is 0 Å². The van der Waals surface area contributed by atoms with Crippen LogP contribution in [0.3, 0.4) is 0 Å². The van der Waals surface area contributed by atoms with Crippen molar-refractivity contribution in [3.8, 4) is 0 Å². The van der Waals surface area contributed by atoms with Crippen LogP contribution < -0.4 is 4.48 Å². The molecule has 0 saturated heterocycles. The standard InChI is InChI=1S/C17H14NO2S/c1-13-16(14-8-4-2-5-9-14)18(12-19,17(20)21-13)15-10-6-3-7-11-15/h2-12H,1H3/q+1. The smallest absolute Gasteiger partial charge is 0.232 e. The number of carbonyl (C=O) groups is 2. The Kier molecular flexibility index (Phi) is 3.49.